The Balaban J connectivity index is 2.48. The molecule has 1 saturated heterocycles. The van der Waals surface area contributed by atoms with E-state index in [-0.39, 0.29) is 11.3 Å². The first kappa shape index (κ1) is 25.6. The maximum absolute atomic E-state index is 11.8. The number of hydrogen-bond acceptors (Lipinski definition) is 12. The first-order valence-electron chi connectivity index (χ1n) is 9.77. The Morgan fingerprint density at radius 1 is 0.909 bits per heavy atom. The summed E-state index contributed by atoms with van der Waals surface area (Å²) in [5.74, 6) is -3.59. The van der Waals surface area contributed by atoms with Gasteiger partial charge in [-0.1, -0.05) is 0 Å². The lowest BCUT2D eigenvalue weighted by atomic mass is 9.98. The standard InChI is InChI=1S/C21H24O12/c1-10(23)28-9-17-18(29-11(2)24)19(30-12(3)25)20(31-13(4)26)21(33-17)32-16-6-5-14(8-22)7-15(16)27/h5-8,17-21,27H,9H2,1-4H3/t17-,18-,19+,20+,21-/m1/s1. The molecule has 0 unspecified atom stereocenters. The number of carbonyl (C=O) groups excluding carboxylic acids is 5. The molecule has 0 amide bonds. The van der Waals surface area contributed by atoms with E-state index in [1.807, 2.05) is 0 Å². The number of esters is 4. The summed E-state index contributed by atoms with van der Waals surface area (Å²) in [5.41, 5.74) is 0.168. The molecule has 0 radical (unpaired) electrons. The Morgan fingerprint density at radius 3 is 2.00 bits per heavy atom. The number of phenolic OH excluding ortho intramolecular Hbond substituents is 1. The molecule has 5 atom stereocenters. The summed E-state index contributed by atoms with van der Waals surface area (Å²) in [4.78, 5) is 57.5. The third-order valence-corrected chi connectivity index (χ3v) is 4.31. The number of ether oxygens (including phenoxy) is 6. The van der Waals surface area contributed by atoms with Crippen molar-refractivity contribution in [3.63, 3.8) is 0 Å². The minimum absolute atomic E-state index is 0.151. The number of phenols is 1. The molecule has 0 aromatic heterocycles. The SMILES string of the molecule is CC(=O)OC[C@H]1O[C@@H](Oc2ccc(C=O)cc2O)[C@@H](OC(C)=O)[C@@H](OC(C)=O)[C@@H]1OC(C)=O. The predicted molar refractivity (Wildman–Crippen MR) is 106 cm³/mol. The van der Waals surface area contributed by atoms with Gasteiger partial charge in [-0.05, 0) is 18.2 Å². The van der Waals surface area contributed by atoms with Gasteiger partial charge in [0.1, 0.15) is 19.0 Å². The van der Waals surface area contributed by atoms with Gasteiger partial charge >= 0.3 is 23.9 Å². The highest BCUT2D eigenvalue weighted by Gasteiger charge is 2.53. The first-order valence-corrected chi connectivity index (χ1v) is 9.77. The van der Waals surface area contributed by atoms with Crippen molar-refractivity contribution in [2.45, 2.75) is 58.4 Å². The van der Waals surface area contributed by atoms with Gasteiger partial charge in [0.2, 0.25) is 12.4 Å². The Hall–Kier alpha value is -3.67. The Kier molecular flexibility index (Phi) is 8.74. The third kappa shape index (κ3) is 7.17. The molecule has 0 spiro atoms. The van der Waals surface area contributed by atoms with Gasteiger partial charge < -0.3 is 33.5 Å². The van der Waals surface area contributed by atoms with Crippen molar-refractivity contribution < 1.29 is 57.5 Å². The molecule has 1 aliphatic rings. The number of aromatic hydroxyl groups is 1. The zero-order valence-electron chi connectivity index (χ0n) is 18.3. The van der Waals surface area contributed by atoms with Crippen molar-refractivity contribution in [2.75, 3.05) is 6.61 Å². The van der Waals surface area contributed by atoms with E-state index < -0.39 is 66.9 Å². The lowest BCUT2D eigenvalue weighted by Gasteiger charge is -2.43. The molecule has 1 fully saturated rings. The fourth-order valence-electron chi connectivity index (χ4n) is 3.12. The van der Waals surface area contributed by atoms with E-state index in [9.17, 15) is 29.1 Å². The molecule has 12 heteroatoms. The van der Waals surface area contributed by atoms with E-state index in [2.05, 4.69) is 0 Å². The molecule has 1 heterocycles. The summed E-state index contributed by atoms with van der Waals surface area (Å²) < 4.78 is 32.2. The fourth-order valence-corrected chi connectivity index (χ4v) is 3.12. The molecule has 33 heavy (non-hydrogen) atoms. The van der Waals surface area contributed by atoms with Crippen LogP contribution in [0.2, 0.25) is 0 Å². The second-order valence-corrected chi connectivity index (χ2v) is 7.03. The van der Waals surface area contributed by atoms with Crippen LogP contribution in [0.15, 0.2) is 18.2 Å². The van der Waals surface area contributed by atoms with Crippen LogP contribution in [-0.2, 0) is 42.9 Å². The van der Waals surface area contributed by atoms with Crippen LogP contribution in [0, 0.1) is 0 Å². The molecule has 1 N–H and O–H groups in total. The largest absolute Gasteiger partial charge is 0.504 e. The number of aldehydes is 1. The second kappa shape index (κ2) is 11.3. The van der Waals surface area contributed by atoms with Crippen molar-refractivity contribution in [1.29, 1.82) is 0 Å². The van der Waals surface area contributed by atoms with Crippen molar-refractivity contribution >= 4 is 30.2 Å². The van der Waals surface area contributed by atoms with Crippen molar-refractivity contribution in [3.05, 3.63) is 23.8 Å². The van der Waals surface area contributed by atoms with Gasteiger partial charge in [0, 0.05) is 33.3 Å². The van der Waals surface area contributed by atoms with Gasteiger partial charge in [-0.3, -0.25) is 24.0 Å². The fraction of sp³-hybridized carbons (Fsp3) is 0.476. The van der Waals surface area contributed by atoms with Gasteiger partial charge in [-0.2, -0.15) is 0 Å². The number of rotatable bonds is 8. The monoisotopic (exact) mass is 468 g/mol. The zero-order chi connectivity index (χ0) is 24.7. The molecule has 12 nitrogen and oxygen atoms in total. The summed E-state index contributed by atoms with van der Waals surface area (Å²) in [6.07, 6.45) is -6.38. The normalized spacial score (nSPS) is 24.2. The van der Waals surface area contributed by atoms with Gasteiger partial charge in [-0.25, -0.2) is 0 Å². The predicted octanol–water partition coefficient (Wildman–Crippen LogP) is 0.667. The van der Waals surface area contributed by atoms with E-state index in [4.69, 9.17) is 28.4 Å². The van der Waals surface area contributed by atoms with Crippen LogP contribution in [-0.4, -0.2) is 72.6 Å². The maximum Gasteiger partial charge on any atom is 0.303 e. The quantitative estimate of drug-likeness (QED) is 0.323. The van der Waals surface area contributed by atoms with Gasteiger partial charge in [0.15, 0.2) is 23.7 Å². The summed E-state index contributed by atoms with van der Waals surface area (Å²) in [6, 6.07) is 3.76. The van der Waals surface area contributed by atoms with Crippen molar-refractivity contribution in [1.82, 2.24) is 0 Å². The number of carbonyl (C=O) groups is 5. The van der Waals surface area contributed by atoms with Crippen LogP contribution in [0.3, 0.4) is 0 Å². The van der Waals surface area contributed by atoms with E-state index in [1.54, 1.807) is 0 Å². The van der Waals surface area contributed by atoms with Crippen molar-refractivity contribution in [2.24, 2.45) is 0 Å². The average Bonchev–Trinajstić information content (AvgIpc) is 2.71. The lowest BCUT2D eigenvalue weighted by Crippen LogP contribution is -2.63. The third-order valence-electron chi connectivity index (χ3n) is 4.31. The summed E-state index contributed by atoms with van der Waals surface area (Å²) in [5, 5.41) is 10.2. The van der Waals surface area contributed by atoms with Gasteiger partial charge in [0.25, 0.3) is 0 Å². The smallest absolute Gasteiger partial charge is 0.303 e. The molecule has 0 aliphatic carbocycles. The number of benzene rings is 1. The van der Waals surface area contributed by atoms with Crippen LogP contribution >= 0.6 is 0 Å². The summed E-state index contributed by atoms with van der Waals surface area (Å²) in [7, 11) is 0. The van der Waals surface area contributed by atoms with Gasteiger partial charge in [0.05, 0.1) is 0 Å². The Morgan fingerprint density at radius 2 is 1.48 bits per heavy atom. The highest BCUT2D eigenvalue weighted by molar-refractivity contribution is 5.76. The van der Waals surface area contributed by atoms with E-state index >= 15 is 0 Å². The van der Waals surface area contributed by atoms with Crippen LogP contribution in [0.25, 0.3) is 0 Å². The highest BCUT2D eigenvalue weighted by atomic mass is 16.7. The van der Waals surface area contributed by atoms with Crippen molar-refractivity contribution in [3.8, 4) is 11.5 Å². The summed E-state index contributed by atoms with van der Waals surface area (Å²) in [6.45, 7) is 4.00. The molecule has 180 valence electrons. The van der Waals surface area contributed by atoms with E-state index in [0.717, 1.165) is 33.8 Å². The molecular formula is C21H24O12. The van der Waals surface area contributed by atoms with E-state index in [0.29, 0.717) is 6.29 Å². The topological polar surface area (TPSA) is 161 Å². The van der Waals surface area contributed by atoms with E-state index in [1.165, 1.54) is 12.1 Å². The second-order valence-electron chi connectivity index (χ2n) is 7.03. The summed E-state index contributed by atoms with van der Waals surface area (Å²) >= 11 is 0. The average molecular weight is 468 g/mol. The highest BCUT2D eigenvalue weighted by Crippen LogP contribution is 2.34. The molecule has 0 saturated carbocycles. The molecule has 1 aliphatic heterocycles. The van der Waals surface area contributed by atoms with Gasteiger partial charge in [-0.15, -0.1) is 0 Å². The van der Waals surface area contributed by atoms with Crippen LogP contribution < -0.4 is 4.74 Å². The minimum Gasteiger partial charge on any atom is -0.504 e. The Bertz CT molecular complexity index is 911. The molecular weight excluding hydrogens is 444 g/mol. The van der Waals surface area contributed by atoms with Crippen LogP contribution in [0.1, 0.15) is 38.1 Å². The Labute approximate surface area is 188 Å². The first-order chi connectivity index (χ1) is 15.5. The maximum atomic E-state index is 11.8. The molecule has 1 aromatic carbocycles. The molecule has 2 rings (SSSR count). The molecule has 1 aromatic rings. The van der Waals surface area contributed by atoms with Crippen LogP contribution in [0.5, 0.6) is 11.5 Å². The molecule has 0 bridgehead atoms. The minimum atomic E-state index is -1.50. The van der Waals surface area contributed by atoms with Crippen LogP contribution in [0.4, 0.5) is 0 Å². The zero-order valence-corrected chi connectivity index (χ0v) is 18.3. The number of hydrogen-bond donors (Lipinski definition) is 1. The lowest BCUT2D eigenvalue weighted by molar-refractivity contribution is -0.288.